The summed E-state index contributed by atoms with van der Waals surface area (Å²) in [7, 11) is 1.34. The first-order valence-electron chi connectivity index (χ1n) is 6.57. The topological polar surface area (TPSA) is 75.9 Å². The van der Waals surface area contributed by atoms with Gasteiger partial charge in [0.2, 0.25) is 0 Å². The van der Waals surface area contributed by atoms with Gasteiger partial charge in [-0.15, -0.1) is 0 Å². The van der Waals surface area contributed by atoms with Crippen LogP contribution in [0.1, 0.15) is 15.9 Å². The molecule has 5 heteroatoms. The molecule has 0 bridgehead atoms. The van der Waals surface area contributed by atoms with E-state index >= 15 is 0 Å². The van der Waals surface area contributed by atoms with E-state index in [0.29, 0.717) is 27.9 Å². The number of ether oxygens (including phenoxy) is 1. The maximum Gasteiger partial charge on any atom is 0.337 e. The minimum atomic E-state index is -0.410. The lowest BCUT2D eigenvalue weighted by molar-refractivity contribution is 0.0601. The van der Waals surface area contributed by atoms with E-state index in [0.717, 1.165) is 5.56 Å². The molecular formula is C17H11N3O2. The summed E-state index contributed by atoms with van der Waals surface area (Å²) < 4.78 is 4.71. The van der Waals surface area contributed by atoms with E-state index in [-0.39, 0.29) is 0 Å². The van der Waals surface area contributed by atoms with Crippen molar-refractivity contribution in [2.24, 2.45) is 0 Å². The number of methoxy groups -OCH3 is 1. The van der Waals surface area contributed by atoms with E-state index in [1.165, 1.54) is 7.11 Å². The largest absolute Gasteiger partial charge is 0.465 e. The Bertz CT molecular complexity index is 896. The number of nitriles is 1. The van der Waals surface area contributed by atoms with Crippen molar-refractivity contribution in [2.75, 3.05) is 7.11 Å². The van der Waals surface area contributed by atoms with Crippen LogP contribution in [0.5, 0.6) is 0 Å². The highest BCUT2D eigenvalue weighted by molar-refractivity contribution is 5.93. The van der Waals surface area contributed by atoms with Crippen LogP contribution in [0, 0.1) is 11.3 Å². The van der Waals surface area contributed by atoms with Crippen LogP contribution in [0.25, 0.3) is 22.3 Å². The normalized spacial score (nSPS) is 10.2. The van der Waals surface area contributed by atoms with Gasteiger partial charge in [0.1, 0.15) is 0 Å². The van der Waals surface area contributed by atoms with Crippen LogP contribution >= 0.6 is 0 Å². The number of aromatic nitrogens is 2. The standard InChI is InChI=1S/C17H11N3O2/c1-22-17(21)13-6-7-14-15(8-13)20-16(10-19-14)12-4-2-11(9-18)3-5-12/h2-8,10H,1H3. The van der Waals surface area contributed by atoms with Gasteiger partial charge in [0.15, 0.2) is 0 Å². The number of carbonyl (C=O) groups excluding carboxylic acids is 1. The lowest BCUT2D eigenvalue weighted by atomic mass is 10.1. The molecule has 0 spiro atoms. The summed E-state index contributed by atoms with van der Waals surface area (Å²) in [6, 6.07) is 14.2. The van der Waals surface area contributed by atoms with Crippen molar-refractivity contribution >= 4 is 17.0 Å². The molecular weight excluding hydrogens is 278 g/mol. The molecule has 3 rings (SSSR count). The second-order valence-corrected chi connectivity index (χ2v) is 4.64. The number of rotatable bonds is 2. The number of nitrogens with zero attached hydrogens (tertiary/aromatic N) is 3. The Morgan fingerprint density at radius 2 is 1.91 bits per heavy atom. The van der Waals surface area contributed by atoms with Crippen molar-refractivity contribution in [1.82, 2.24) is 9.97 Å². The predicted molar refractivity (Wildman–Crippen MR) is 81.0 cm³/mol. The van der Waals surface area contributed by atoms with Gasteiger partial charge in [-0.3, -0.25) is 4.98 Å². The van der Waals surface area contributed by atoms with Crippen LogP contribution in [0.15, 0.2) is 48.7 Å². The molecule has 0 radical (unpaired) electrons. The molecule has 0 unspecified atom stereocenters. The number of hydrogen-bond donors (Lipinski definition) is 0. The third kappa shape index (κ3) is 2.50. The molecule has 0 N–H and O–H groups in total. The van der Waals surface area contributed by atoms with Crippen molar-refractivity contribution < 1.29 is 9.53 Å². The summed E-state index contributed by atoms with van der Waals surface area (Å²) in [5, 5.41) is 8.82. The number of benzene rings is 2. The summed E-state index contributed by atoms with van der Waals surface area (Å²) in [6.45, 7) is 0. The summed E-state index contributed by atoms with van der Waals surface area (Å²) in [6.07, 6.45) is 1.67. The third-order valence-electron chi connectivity index (χ3n) is 3.27. The predicted octanol–water partition coefficient (Wildman–Crippen LogP) is 2.96. The minimum absolute atomic E-state index is 0.410. The van der Waals surface area contributed by atoms with E-state index in [2.05, 4.69) is 16.0 Å². The number of fused-ring (bicyclic) bond motifs is 1. The Kier molecular flexibility index (Phi) is 3.50. The molecule has 0 amide bonds. The molecule has 2 aromatic carbocycles. The van der Waals surface area contributed by atoms with Gasteiger partial charge in [-0.1, -0.05) is 12.1 Å². The van der Waals surface area contributed by atoms with Crippen LogP contribution in [0.3, 0.4) is 0 Å². The quantitative estimate of drug-likeness (QED) is 0.678. The smallest absolute Gasteiger partial charge is 0.337 e. The number of carbonyl (C=O) groups is 1. The summed E-state index contributed by atoms with van der Waals surface area (Å²) in [5.74, 6) is -0.410. The van der Waals surface area contributed by atoms with Crippen molar-refractivity contribution in [1.29, 1.82) is 5.26 Å². The van der Waals surface area contributed by atoms with E-state index < -0.39 is 5.97 Å². The second kappa shape index (κ2) is 5.62. The number of hydrogen-bond acceptors (Lipinski definition) is 5. The molecule has 5 nitrogen and oxygen atoms in total. The van der Waals surface area contributed by atoms with Crippen molar-refractivity contribution in [2.45, 2.75) is 0 Å². The SMILES string of the molecule is COC(=O)c1ccc2ncc(-c3ccc(C#N)cc3)nc2c1. The lowest BCUT2D eigenvalue weighted by Gasteiger charge is -2.04. The van der Waals surface area contributed by atoms with Crippen LogP contribution < -0.4 is 0 Å². The van der Waals surface area contributed by atoms with Gasteiger partial charge >= 0.3 is 5.97 Å². The summed E-state index contributed by atoms with van der Waals surface area (Å²) in [4.78, 5) is 20.5. The van der Waals surface area contributed by atoms with Gasteiger partial charge in [0.05, 0.1) is 47.2 Å². The van der Waals surface area contributed by atoms with Crippen molar-refractivity contribution in [3.05, 3.63) is 59.8 Å². The highest BCUT2D eigenvalue weighted by Crippen LogP contribution is 2.20. The molecule has 0 aliphatic heterocycles. The highest BCUT2D eigenvalue weighted by atomic mass is 16.5. The van der Waals surface area contributed by atoms with Crippen LogP contribution in [-0.2, 0) is 4.74 Å². The minimum Gasteiger partial charge on any atom is -0.465 e. The van der Waals surface area contributed by atoms with Gasteiger partial charge < -0.3 is 4.74 Å². The Balaban J connectivity index is 2.07. The molecule has 106 valence electrons. The Labute approximate surface area is 126 Å². The van der Waals surface area contributed by atoms with Crippen molar-refractivity contribution in [3.8, 4) is 17.3 Å². The molecule has 1 aromatic heterocycles. The van der Waals surface area contributed by atoms with Gasteiger partial charge in [-0.25, -0.2) is 9.78 Å². The van der Waals surface area contributed by atoms with E-state index in [1.807, 2.05) is 12.1 Å². The van der Waals surface area contributed by atoms with Gasteiger partial charge in [-0.2, -0.15) is 5.26 Å². The van der Waals surface area contributed by atoms with Gasteiger partial charge in [0, 0.05) is 5.56 Å². The van der Waals surface area contributed by atoms with Crippen molar-refractivity contribution in [3.63, 3.8) is 0 Å². The zero-order valence-electron chi connectivity index (χ0n) is 11.8. The molecule has 0 aliphatic carbocycles. The first-order chi connectivity index (χ1) is 10.7. The van der Waals surface area contributed by atoms with Crippen LogP contribution in [0.2, 0.25) is 0 Å². The van der Waals surface area contributed by atoms with Gasteiger partial charge in [-0.05, 0) is 30.3 Å². The Morgan fingerprint density at radius 1 is 1.14 bits per heavy atom. The Morgan fingerprint density at radius 3 is 2.59 bits per heavy atom. The van der Waals surface area contributed by atoms with E-state index in [4.69, 9.17) is 10.00 Å². The molecule has 0 fully saturated rings. The summed E-state index contributed by atoms with van der Waals surface area (Å²) >= 11 is 0. The molecule has 0 saturated heterocycles. The average molecular weight is 289 g/mol. The molecule has 3 aromatic rings. The van der Waals surface area contributed by atoms with Crippen LogP contribution in [0.4, 0.5) is 0 Å². The fraction of sp³-hybridized carbons (Fsp3) is 0.0588. The Hall–Kier alpha value is -3.26. The molecule has 22 heavy (non-hydrogen) atoms. The first kappa shape index (κ1) is 13.7. The fourth-order valence-electron chi connectivity index (χ4n) is 2.11. The van der Waals surface area contributed by atoms with E-state index in [9.17, 15) is 4.79 Å². The number of esters is 1. The fourth-order valence-corrected chi connectivity index (χ4v) is 2.11. The van der Waals surface area contributed by atoms with Crippen LogP contribution in [-0.4, -0.2) is 23.0 Å². The summed E-state index contributed by atoms with van der Waals surface area (Å²) in [5.41, 5.74) is 3.87. The highest BCUT2D eigenvalue weighted by Gasteiger charge is 2.08. The monoisotopic (exact) mass is 289 g/mol. The van der Waals surface area contributed by atoms with E-state index in [1.54, 1.807) is 36.5 Å². The molecule has 0 aliphatic rings. The second-order valence-electron chi connectivity index (χ2n) is 4.64. The molecule has 0 saturated carbocycles. The zero-order valence-corrected chi connectivity index (χ0v) is 11.8. The maximum atomic E-state index is 11.6. The third-order valence-corrected chi connectivity index (χ3v) is 3.27. The average Bonchev–Trinajstić information content (AvgIpc) is 2.60. The molecule has 1 heterocycles. The zero-order chi connectivity index (χ0) is 15.5. The lowest BCUT2D eigenvalue weighted by Crippen LogP contribution is -2.01. The molecule has 0 atom stereocenters. The maximum absolute atomic E-state index is 11.6. The van der Waals surface area contributed by atoms with Gasteiger partial charge in [0.25, 0.3) is 0 Å². The first-order valence-corrected chi connectivity index (χ1v) is 6.57.